The average molecular weight is 327 g/mol. The minimum Gasteiger partial charge on any atom is -0.459 e. The zero-order chi connectivity index (χ0) is 16.8. The number of anilines is 1. The maximum absolute atomic E-state index is 12.1. The molecule has 2 aromatic rings. The average Bonchev–Trinajstić information content (AvgIpc) is 3.16. The number of hydrogen-bond acceptors (Lipinski definition) is 4. The summed E-state index contributed by atoms with van der Waals surface area (Å²) in [6.07, 6.45) is 3.45. The molecule has 0 spiro atoms. The van der Waals surface area contributed by atoms with E-state index >= 15 is 0 Å². The normalized spacial score (nSPS) is 17.2. The van der Waals surface area contributed by atoms with E-state index in [4.69, 9.17) is 4.42 Å². The Morgan fingerprint density at radius 2 is 2.04 bits per heavy atom. The number of hydrogen-bond donors (Lipinski definition) is 3. The predicted octanol–water partition coefficient (Wildman–Crippen LogP) is 2.15. The van der Waals surface area contributed by atoms with Gasteiger partial charge < -0.3 is 20.4 Å². The summed E-state index contributed by atoms with van der Waals surface area (Å²) in [6.45, 7) is 2.24. The number of rotatable bonds is 5. The van der Waals surface area contributed by atoms with E-state index in [1.807, 2.05) is 24.3 Å². The van der Waals surface area contributed by atoms with Crippen molar-refractivity contribution in [1.82, 2.24) is 10.6 Å². The van der Waals surface area contributed by atoms with Crippen molar-refractivity contribution in [3.63, 3.8) is 0 Å². The van der Waals surface area contributed by atoms with Crippen LogP contribution in [0.2, 0.25) is 0 Å². The molecule has 1 aromatic heterocycles. The van der Waals surface area contributed by atoms with Crippen molar-refractivity contribution >= 4 is 17.5 Å². The lowest BCUT2D eigenvalue weighted by Crippen LogP contribution is -2.40. The monoisotopic (exact) mass is 327 g/mol. The molecule has 1 atom stereocenters. The number of carbonyl (C=O) groups is 2. The molecule has 6 heteroatoms. The largest absolute Gasteiger partial charge is 0.459 e. The lowest BCUT2D eigenvalue weighted by atomic mass is 9.99. The molecule has 3 N–H and O–H groups in total. The molecule has 6 nitrogen and oxygen atoms in total. The highest BCUT2D eigenvalue weighted by Gasteiger charge is 2.20. The van der Waals surface area contributed by atoms with E-state index in [1.54, 1.807) is 12.1 Å². The molecule has 1 saturated heterocycles. The molecule has 1 fully saturated rings. The lowest BCUT2D eigenvalue weighted by molar-refractivity contribution is -0.125. The van der Waals surface area contributed by atoms with Crippen LogP contribution in [0.5, 0.6) is 0 Å². The van der Waals surface area contributed by atoms with Crippen LogP contribution in [0.3, 0.4) is 0 Å². The van der Waals surface area contributed by atoms with E-state index in [1.165, 1.54) is 6.26 Å². The first-order chi connectivity index (χ1) is 11.7. The summed E-state index contributed by atoms with van der Waals surface area (Å²) in [6, 6.07) is 10.7. The fourth-order valence-electron chi connectivity index (χ4n) is 2.72. The van der Waals surface area contributed by atoms with Crippen LogP contribution in [0.25, 0.3) is 0 Å². The molecule has 1 aliphatic rings. The predicted molar refractivity (Wildman–Crippen MR) is 90.5 cm³/mol. The van der Waals surface area contributed by atoms with Gasteiger partial charge in [0.1, 0.15) is 0 Å². The zero-order valence-electron chi connectivity index (χ0n) is 13.4. The molecule has 3 rings (SSSR count). The molecule has 0 bridgehead atoms. The van der Waals surface area contributed by atoms with Gasteiger partial charge >= 0.3 is 0 Å². The van der Waals surface area contributed by atoms with Crippen LogP contribution >= 0.6 is 0 Å². The molecule has 0 radical (unpaired) electrons. The van der Waals surface area contributed by atoms with Crippen molar-refractivity contribution in [1.29, 1.82) is 0 Å². The molecule has 1 unspecified atom stereocenters. The molecule has 0 aliphatic carbocycles. The molecule has 24 heavy (non-hydrogen) atoms. The Labute approximate surface area is 140 Å². The highest BCUT2D eigenvalue weighted by Crippen LogP contribution is 2.13. The van der Waals surface area contributed by atoms with E-state index < -0.39 is 0 Å². The number of furan rings is 1. The van der Waals surface area contributed by atoms with Gasteiger partial charge in [-0.3, -0.25) is 9.59 Å². The summed E-state index contributed by atoms with van der Waals surface area (Å²) in [5, 5.41) is 8.97. The van der Waals surface area contributed by atoms with E-state index in [-0.39, 0.29) is 23.5 Å². The lowest BCUT2D eigenvalue weighted by Gasteiger charge is -2.21. The van der Waals surface area contributed by atoms with Crippen molar-refractivity contribution < 1.29 is 14.0 Å². The SMILES string of the molecule is O=C(Nc1ccc(CNC(=O)C2CCCNC2)cc1)c1ccco1. The minimum atomic E-state index is -0.286. The summed E-state index contributed by atoms with van der Waals surface area (Å²) in [7, 11) is 0. The van der Waals surface area contributed by atoms with Gasteiger partial charge in [-0.05, 0) is 49.2 Å². The first-order valence-corrected chi connectivity index (χ1v) is 8.14. The molecule has 1 aromatic carbocycles. The van der Waals surface area contributed by atoms with Crippen LogP contribution < -0.4 is 16.0 Å². The van der Waals surface area contributed by atoms with Crippen LogP contribution in [-0.2, 0) is 11.3 Å². The maximum Gasteiger partial charge on any atom is 0.291 e. The number of piperidine rings is 1. The third-order valence-corrected chi connectivity index (χ3v) is 4.09. The first-order valence-electron chi connectivity index (χ1n) is 8.14. The highest BCUT2D eigenvalue weighted by molar-refractivity contribution is 6.02. The Bertz CT molecular complexity index is 674. The van der Waals surface area contributed by atoms with Gasteiger partial charge in [-0.2, -0.15) is 0 Å². The minimum absolute atomic E-state index is 0.0607. The standard InChI is InChI=1S/C18H21N3O3/c22-17(14-3-1-9-19-12-14)20-11-13-5-7-15(8-6-13)21-18(23)16-4-2-10-24-16/h2,4-8,10,14,19H,1,3,9,11-12H2,(H,20,22)(H,21,23). The van der Waals surface area contributed by atoms with Crippen molar-refractivity contribution in [3.05, 3.63) is 54.0 Å². The summed E-state index contributed by atoms with van der Waals surface area (Å²) in [5.41, 5.74) is 1.67. The Balaban J connectivity index is 1.49. The van der Waals surface area contributed by atoms with Crippen LogP contribution in [0, 0.1) is 5.92 Å². The third kappa shape index (κ3) is 4.23. The quantitative estimate of drug-likeness (QED) is 0.786. The van der Waals surface area contributed by atoms with E-state index in [9.17, 15) is 9.59 Å². The van der Waals surface area contributed by atoms with Gasteiger partial charge in [0.05, 0.1) is 12.2 Å². The number of amides is 2. The summed E-state index contributed by atoms with van der Waals surface area (Å²) in [5.74, 6) is 0.140. The van der Waals surface area contributed by atoms with Crippen molar-refractivity contribution in [2.75, 3.05) is 18.4 Å². The molecular formula is C18H21N3O3. The maximum atomic E-state index is 12.1. The third-order valence-electron chi connectivity index (χ3n) is 4.09. The fourth-order valence-corrected chi connectivity index (χ4v) is 2.72. The van der Waals surface area contributed by atoms with Crippen molar-refractivity contribution in [2.45, 2.75) is 19.4 Å². The molecular weight excluding hydrogens is 306 g/mol. The molecule has 126 valence electrons. The second kappa shape index (κ2) is 7.79. The second-order valence-corrected chi connectivity index (χ2v) is 5.89. The Morgan fingerprint density at radius 3 is 2.71 bits per heavy atom. The smallest absolute Gasteiger partial charge is 0.291 e. The van der Waals surface area contributed by atoms with Crippen LogP contribution in [-0.4, -0.2) is 24.9 Å². The van der Waals surface area contributed by atoms with Gasteiger partial charge in [0, 0.05) is 18.8 Å². The summed E-state index contributed by atoms with van der Waals surface area (Å²) >= 11 is 0. The van der Waals surface area contributed by atoms with E-state index in [2.05, 4.69) is 16.0 Å². The topological polar surface area (TPSA) is 83.4 Å². The Hall–Kier alpha value is -2.60. The van der Waals surface area contributed by atoms with Gasteiger partial charge in [0.2, 0.25) is 5.91 Å². The van der Waals surface area contributed by atoms with Gasteiger partial charge in [-0.1, -0.05) is 12.1 Å². The Morgan fingerprint density at radius 1 is 1.21 bits per heavy atom. The van der Waals surface area contributed by atoms with Gasteiger partial charge in [0.15, 0.2) is 5.76 Å². The fraction of sp³-hybridized carbons (Fsp3) is 0.333. The van der Waals surface area contributed by atoms with E-state index in [0.717, 1.165) is 31.5 Å². The van der Waals surface area contributed by atoms with Crippen LogP contribution in [0.15, 0.2) is 47.1 Å². The first kappa shape index (κ1) is 16.3. The molecule has 1 aliphatic heterocycles. The van der Waals surface area contributed by atoms with Crippen molar-refractivity contribution in [3.8, 4) is 0 Å². The summed E-state index contributed by atoms with van der Waals surface area (Å²) in [4.78, 5) is 24.0. The van der Waals surface area contributed by atoms with E-state index in [0.29, 0.717) is 12.2 Å². The van der Waals surface area contributed by atoms with Gasteiger partial charge in [-0.25, -0.2) is 0 Å². The number of nitrogens with one attached hydrogen (secondary N) is 3. The molecule has 0 saturated carbocycles. The zero-order valence-corrected chi connectivity index (χ0v) is 13.4. The number of benzene rings is 1. The van der Waals surface area contributed by atoms with Gasteiger partial charge in [0.25, 0.3) is 5.91 Å². The van der Waals surface area contributed by atoms with Crippen molar-refractivity contribution in [2.24, 2.45) is 5.92 Å². The van der Waals surface area contributed by atoms with Gasteiger partial charge in [-0.15, -0.1) is 0 Å². The number of carbonyl (C=O) groups excluding carboxylic acids is 2. The second-order valence-electron chi connectivity index (χ2n) is 5.89. The van der Waals surface area contributed by atoms with Crippen LogP contribution in [0.4, 0.5) is 5.69 Å². The molecule has 2 heterocycles. The Kier molecular flexibility index (Phi) is 5.28. The summed E-state index contributed by atoms with van der Waals surface area (Å²) < 4.78 is 5.05. The highest BCUT2D eigenvalue weighted by atomic mass is 16.3. The molecule has 2 amide bonds. The van der Waals surface area contributed by atoms with Crippen LogP contribution in [0.1, 0.15) is 29.0 Å².